The van der Waals surface area contributed by atoms with Crippen molar-refractivity contribution in [3.8, 4) is 5.75 Å². The standard InChI is InChI=1S/C29H39N7O2/c1-23-31-21-30-18-29(33-22-32-23)36-11-5-6-25(36)20-38-28-10-9-24(26-7-3-4-8-27(26)28)19-35-14-12-34(13-15-35)16-17-37-2/h3-4,7-10,21-22,25H,1,5-6,11-20H2,2H3,(H,30,31)/t25-/m1/s1. The Morgan fingerprint density at radius 2 is 1.84 bits per heavy atom. The number of methoxy groups -OCH3 is 1. The molecule has 1 N–H and O–H groups in total. The van der Waals surface area contributed by atoms with Gasteiger partial charge in [0.2, 0.25) is 0 Å². The van der Waals surface area contributed by atoms with Crippen molar-refractivity contribution < 1.29 is 9.47 Å². The second-order valence-electron chi connectivity index (χ2n) is 10.0. The molecule has 3 aliphatic heterocycles. The average Bonchev–Trinajstić information content (AvgIpc) is 3.44. The second kappa shape index (κ2) is 13.0. The molecule has 3 aliphatic rings. The molecule has 5 rings (SSSR count). The number of hydrogen-bond donors (Lipinski definition) is 1. The van der Waals surface area contributed by atoms with Crippen molar-refractivity contribution in [3.63, 3.8) is 0 Å². The van der Waals surface area contributed by atoms with E-state index in [1.54, 1.807) is 19.8 Å². The van der Waals surface area contributed by atoms with Gasteiger partial charge >= 0.3 is 0 Å². The van der Waals surface area contributed by atoms with Crippen molar-refractivity contribution in [3.05, 3.63) is 54.4 Å². The fourth-order valence-corrected chi connectivity index (χ4v) is 5.42. The van der Waals surface area contributed by atoms with E-state index in [1.165, 1.54) is 16.3 Å². The number of fused-ring (bicyclic) bond motifs is 1. The highest BCUT2D eigenvalue weighted by Crippen LogP contribution is 2.30. The van der Waals surface area contributed by atoms with Crippen molar-refractivity contribution in [2.24, 2.45) is 15.0 Å². The molecule has 0 aromatic heterocycles. The van der Waals surface area contributed by atoms with Gasteiger partial charge in [-0.3, -0.25) is 14.8 Å². The molecule has 1 atom stereocenters. The van der Waals surface area contributed by atoms with E-state index in [4.69, 9.17) is 9.47 Å². The topological polar surface area (TPSA) is 77.3 Å². The molecule has 38 heavy (non-hydrogen) atoms. The maximum Gasteiger partial charge on any atom is 0.128 e. The van der Waals surface area contributed by atoms with Crippen LogP contribution in [0.3, 0.4) is 0 Å². The van der Waals surface area contributed by atoms with E-state index in [0.29, 0.717) is 19.0 Å². The van der Waals surface area contributed by atoms with Gasteiger partial charge in [0.1, 0.15) is 30.4 Å². The van der Waals surface area contributed by atoms with Crippen LogP contribution in [-0.2, 0) is 11.3 Å². The van der Waals surface area contributed by atoms with Crippen molar-refractivity contribution in [1.29, 1.82) is 0 Å². The van der Waals surface area contributed by atoms with Gasteiger partial charge in [-0.1, -0.05) is 36.9 Å². The highest BCUT2D eigenvalue weighted by Gasteiger charge is 2.28. The van der Waals surface area contributed by atoms with E-state index < -0.39 is 0 Å². The van der Waals surface area contributed by atoms with Crippen molar-refractivity contribution in [2.75, 3.05) is 66.1 Å². The quantitative estimate of drug-likeness (QED) is 0.580. The molecule has 0 bridgehead atoms. The first kappa shape index (κ1) is 26.3. The van der Waals surface area contributed by atoms with Crippen LogP contribution >= 0.6 is 0 Å². The Morgan fingerprint density at radius 3 is 2.68 bits per heavy atom. The van der Waals surface area contributed by atoms with E-state index in [0.717, 1.165) is 76.8 Å². The molecule has 3 heterocycles. The van der Waals surface area contributed by atoms with Crippen LogP contribution in [0, 0.1) is 0 Å². The molecule has 0 radical (unpaired) electrons. The molecule has 0 unspecified atom stereocenters. The Morgan fingerprint density at radius 1 is 1.03 bits per heavy atom. The lowest BCUT2D eigenvalue weighted by Crippen LogP contribution is -2.46. The van der Waals surface area contributed by atoms with Gasteiger partial charge < -0.3 is 19.7 Å². The fraction of sp³-hybridized carbons (Fsp3) is 0.483. The molecule has 2 saturated heterocycles. The lowest BCUT2D eigenvalue weighted by atomic mass is 10.0. The number of ether oxygens (including phenoxy) is 2. The molecule has 2 aromatic rings. The summed E-state index contributed by atoms with van der Waals surface area (Å²) >= 11 is 0. The molecule has 9 heteroatoms. The third-order valence-electron chi connectivity index (χ3n) is 7.56. The van der Waals surface area contributed by atoms with Gasteiger partial charge in [0.05, 0.1) is 25.5 Å². The third kappa shape index (κ3) is 6.59. The van der Waals surface area contributed by atoms with Crippen LogP contribution in [0.2, 0.25) is 0 Å². The summed E-state index contributed by atoms with van der Waals surface area (Å²) < 4.78 is 11.7. The summed E-state index contributed by atoms with van der Waals surface area (Å²) in [6.07, 6.45) is 5.37. The number of rotatable bonds is 8. The molecule has 9 nitrogen and oxygen atoms in total. The van der Waals surface area contributed by atoms with Gasteiger partial charge in [-0.15, -0.1) is 0 Å². The predicted molar refractivity (Wildman–Crippen MR) is 154 cm³/mol. The monoisotopic (exact) mass is 517 g/mol. The molecule has 2 fully saturated rings. The largest absolute Gasteiger partial charge is 0.491 e. The van der Waals surface area contributed by atoms with Gasteiger partial charge in [0.25, 0.3) is 0 Å². The lowest BCUT2D eigenvalue weighted by Gasteiger charge is -2.34. The SMILES string of the molecule is C=C1N=CN=C(N2CCC[C@@H]2COc2ccc(CN3CCN(CCOC)CC3)c3ccccc23)CN=CN1. The first-order valence-electron chi connectivity index (χ1n) is 13.6. The number of nitrogens with zero attached hydrogens (tertiary/aromatic N) is 6. The van der Waals surface area contributed by atoms with Gasteiger partial charge in [-0.2, -0.15) is 0 Å². The van der Waals surface area contributed by atoms with E-state index in [-0.39, 0.29) is 6.04 Å². The van der Waals surface area contributed by atoms with Gasteiger partial charge in [0, 0.05) is 58.3 Å². The molecule has 0 saturated carbocycles. The van der Waals surface area contributed by atoms with E-state index in [2.05, 4.69) is 78.0 Å². The highest BCUT2D eigenvalue weighted by molar-refractivity contribution is 5.92. The molecule has 2 aromatic carbocycles. The minimum Gasteiger partial charge on any atom is -0.491 e. The molecule has 0 amide bonds. The number of hydrogen-bond acceptors (Lipinski definition) is 9. The van der Waals surface area contributed by atoms with Crippen LogP contribution < -0.4 is 10.1 Å². The van der Waals surface area contributed by atoms with E-state index >= 15 is 0 Å². The smallest absolute Gasteiger partial charge is 0.128 e. The summed E-state index contributed by atoms with van der Waals surface area (Å²) in [5, 5.41) is 5.39. The van der Waals surface area contributed by atoms with Gasteiger partial charge in [0.15, 0.2) is 0 Å². The zero-order valence-electron chi connectivity index (χ0n) is 22.4. The lowest BCUT2D eigenvalue weighted by molar-refractivity contribution is 0.0940. The Labute approximate surface area is 225 Å². The van der Waals surface area contributed by atoms with E-state index in [9.17, 15) is 0 Å². The molecule has 0 aliphatic carbocycles. The number of benzene rings is 2. The summed E-state index contributed by atoms with van der Waals surface area (Å²) in [6.45, 7) is 13.0. The first-order valence-corrected chi connectivity index (χ1v) is 13.6. The summed E-state index contributed by atoms with van der Waals surface area (Å²) in [7, 11) is 1.77. The third-order valence-corrected chi connectivity index (χ3v) is 7.56. The second-order valence-corrected chi connectivity index (χ2v) is 10.0. The van der Waals surface area contributed by atoms with Crippen molar-refractivity contribution >= 4 is 29.3 Å². The van der Waals surface area contributed by atoms with Crippen LogP contribution in [-0.4, -0.2) is 105 Å². The summed E-state index contributed by atoms with van der Waals surface area (Å²) in [5.74, 6) is 2.38. The maximum atomic E-state index is 6.49. The van der Waals surface area contributed by atoms with Gasteiger partial charge in [-0.05, 0) is 29.9 Å². The minimum atomic E-state index is 0.252. The predicted octanol–water partition coefficient (Wildman–Crippen LogP) is 2.98. The highest BCUT2D eigenvalue weighted by atomic mass is 16.5. The number of amidine groups is 1. The van der Waals surface area contributed by atoms with Crippen LogP contribution in [0.15, 0.2) is 63.8 Å². The van der Waals surface area contributed by atoms with Crippen molar-refractivity contribution in [1.82, 2.24) is 20.0 Å². The number of piperazine rings is 1. The molecule has 202 valence electrons. The van der Waals surface area contributed by atoms with Crippen LogP contribution in [0.25, 0.3) is 10.8 Å². The number of nitrogens with one attached hydrogen (secondary N) is 1. The zero-order chi connectivity index (χ0) is 26.2. The Hall–Kier alpha value is -3.27. The average molecular weight is 518 g/mol. The van der Waals surface area contributed by atoms with Crippen molar-refractivity contribution in [2.45, 2.75) is 25.4 Å². The minimum absolute atomic E-state index is 0.252. The van der Waals surface area contributed by atoms with Crippen LogP contribution in [0.5, 0.6) is 5.75 Å². The van der Waals surface area contributed by atoms with Crippen LogP contribution in [0.4, 0.5) is 0 Å². The number of likely N-dealkylation sites (tertiary alicyclic amines) is 1. The summed E-state index contributed by atoms with van der Waals surface area (Å²) in [5.41, 5.74) is 1.35. The maximum absolute atomic E-state index is 6.49. The fourth-order valence-electron chi connectivity index (χ4n) is 5.42. The summed E-state index contributed by atoms with van der Waals surface area (Å²) in [4.78, 5) is 20.6. The molecule has 0 spiro atoms. The van der Waals surface area contributed by atoms with E-state index in [1.807, 2.05) is 0 Å². The Kier molecular flexibility index (Phi) is 9.01. The Balaban J connectivity index is 1.24. The number of aliphatic imine (C=N–C) groups is 3. The zero-order valence-corrected chi connectivity index (χ0v) is 22.4. The van der Waals surface area contributed by atoms with Crippen LogP contribution in [0.1, 0.15) is 18.4 Å². The first-order chi connectivity index (χ1) is 18.7. The Bertz CT molecular complexity index is 1190. The molecular formula is C29H39N7O2. The summed E-state index contributed by atoms with van der Waals surface area (Å²) in [6, 6.07) is 13.3. The molecular weight excluding hydrogens is 478 g/mol. The van der Waals surface area contributed by atoms with Gasteiger partial charge in [-0.25, -0.2) is 9.98 Å². The normalized spacial score (nSPS) is 21.2.